The van der Waals surface area contributed by atoms with Crippen molar-refractivity contribution in [1.82, 2.24) is 9.97 Å². The lowest BCUT2D eigenvalue weighted by Gasteiger charge is -1.91. The van der Waals surface area contributed by atoms with Crippen LogP contribution in [0.5, 0.6) is 0 Å². The summed E-state index contributed by atoms with van der Waals surface area (Å²) in [4.78, 5) is 7.53. The number of aromatic nitrogens is 2. The molecule has 0 aromatic carbocycles. The average Bonchev–Trinajstić information content (AvgIpc) is 1.91. The maximum absolute atomic E-state index is 3.77. The van der Waals surface area contributed by atoms with Gasteiger partial charge in [-0.15, -0.1) is 0 Å². The van der Waals surface area contributed by atoms with E-state index in [2.05, 4.69) is 23.2 Å². The number of hydrogen-bond acceptors (Lipinski definition) is 2. The van der Waals surface area contributed by atoms with E-state index in [1.54, 1.807) is 12.4 Å². The second-order valence-electron chi connectivity index (χ2n) is 1.94. The van der Waals surface area contributed by atoms with Crippen molar-refractivity contribution in [2.75, 3.05) is 0 Å². The first-order valence-corrected chi connectivity index (χ1v) is 3.10. The molecule has 2 nitrogen and oxygen atoms in total. The largest absolute Gasteiger partial charge is 0.234 e. The number of nitrogens with zero attached hydrogens (tertiary/aromatic N) is 2. The molecule has 1 aromatic rings. The lowest BCUT2D eigenvalue weighted by Crippen LogP contribution is -1.85. The van der Waals surface area contributed by atoms with Crippen LogP contribution >= 0.6 is 0 Å². The van der Waals surface area contributed by atoms with Crippen LogP contribution in [-0.2, 0) is 6.42 Å². The Labute approximate surface area is 55.0 Å². The third-order valence-electron chi connectivity index (χ3n) is 1.11. The van der Waals surface area contributed by atoms with Crippen molar-refractivity contribution in [2.24, 2.45) is 0 Å². The third-order valence-corrected chi connectivity index (χ3v) is 1.11. The summed E-state index contributed by atoms with van der Waals surface area (Å²) in [5, 5.41) is 0. The normalized spacial score (nSPS) is 9.44. The first-order chi connectivity index (χ1) is 4.43. The molecule has 2 heteroatoms. The second kappa shape index (κ2) is 3.17. The third kappa shape index (κ3) is 1.80. The molecule has 0 saturated heterocycles. The first kappa shape index (κ1) is 6.20. The fourth-order valence-electron chi connectivity index (χ4n) is 0.708. The van der Waals surface area contributed by atoms with Crippen LogP contribution in [0.3, 0.4) is 0 Å². The zero-order valence-electron chi connectivity index (χ0n) is 5.46. The van der Waals surface area contributed by atoms with Gasteiger partial charge < -0.3 is 0 Å². The summed E-state index contributed by atoms with van der Waals surface area (Å²) in [5.41, 5.74) is 1.19. The van der Waals surface area contributed by atoms with Crippen LogP contribution in [0, 0.1) is 6.33 Å². The Bertz CT molecular complexity index is 160. The van der Waals surface area contributed by atoms with Crippen molar-refractivity contribution in [3.63, 3.8) is 0 Å². The molecule has 47 valence electrons. The highest BCUT2D eigenvalue weighted by Crippen LogP contribution is 1.95. The Morgan fingerprint density at radius 1 is 1.44 bits per heavy atom. The van der Waals surface area contributed by atoms with Crippen LogP contribution in [0.2, 0.25) is 0 Å². The molecule has 0 amide bonds. The molecule has 0 spiro atoms. The van der Waals surface area contributed by atoms with Crippen molar-refractivity contribution in [2.45, 2.75) is 19.8 Å². The number of aryl methyl sites for hydroxylation is 1. The molecular formula is C7H9N2. The van der Waals surface area contributed by atoms with Crippen molar-refractivity contribution >= 4 is 0 Å². The molecule has 0 unspecified atom stereocenters. The lowest BCUT2D eigenvalue weighted by atomic mass is 10.2. The molecule has 9 heavy (non-hydrogen) atoms. The monoisotopic (exact) mass is 121 g/mol. The zero-order valence-corrected chi connectivity index (χ0v) is 5.46. The Balaban J connectivity index is 2.61. The maximum atomic E-state index is 3.77. The van der Waals surface area contributed by atoms with Crippen molar-refractivity contribution in [1.29, 1.82) is 0 Å². The maximum Gasteiger partial charge on any atom is 0.197 e. The average molecular weight is 121 g/mol. The van der Waals surface area contributed by atoms with E-state index in [0.29, 0.717) is 0 Å². The summed E-state index contributed by atoms with van der Waals surface area (Å²) < 4.78 is 0. The topological polar surface area (TPSA) is 25.8 Å². The van der Waals surface area contributed by atoms with Gasteiger partial charge in [-0.2, -0.15) is 0 Å². The minimum atomic E-state index is 1.06. The Morgan fingerprint density at radius 2 is 2.11 bits per heavy atom. The van der Waals surface area contributed by atoms with Crippen LogP contribution in [-0.4, -0.2) is 9.97 Å². The van der Waals surface area contributed by atoms with E-state index in [0.717, 1.165) is 12.8 Å². The Hall–Kier alpha value is -0.920. The predicted octanol–water partition coefficient (Wildman–Crippen LogP) is 1.23. The molecule has 0 bridgehead atoms. The van der Waals surface area contributed by atoms with Gasteiger partial charge in [-0.3, -0.25) is 0 Å². The molecule has 0 aliphatic carbocycles. The van der Waals surface area contributed by atoms with Gasteiger partial charge in [-0.1, -0.05) is 13.3 Å². The van der Waals surface area contributed by atoms with E-state index < -0.39 is 0 Å². The van der Waals surface area contributed by atoms with Crippen LogP contribution in [0.15, 0.2) is 12.4 Å². The summed E-state index contributed by atoms with van der Waals surface area (Å²) in [6.07, 6.45) is 8.31. The van der Waals surface area contributed by atoms with E-state index in [-0.39, 0.29) is 0 Å². The quantitative estimate of drug-likeness (QED) is 0.588. The summed E-state index contributed by atoms with van der Waals surface area (Å²) in [5.74, 6) is 0. The van der Waals surface area contributed by atoms with Gasteiger partial charge in [0.2, 0.25) is 0 Å². The van der Waals surface area contributed by atoms with Crippen molar-refractivity contribution in [3.8, 4) is 0 Å². The van der Waals surface area contributed by atoms with Crippen molar-refractivity contribution in [3.05, 3.63) is 24.3 Å². The van der Waals surface area contributed by atoms with E-state index >= 15 is 0 Å². The summed E-state index contributed by atoms with van der Waals surface area (Å²) in [7, 11) is 0. The molecule has 0 atom stereocenters. The van der Waals surface area contributed by atoms with E-state index in [4.69, 9.17) is 0 Å². The van der Waals surface area contributed by atoms with E-state index in [9.17, 15) is 0 Å². The van der Waals surface area contributed by atoms with E-state index in [1.165, 1.54) is 5.56 Å². The summed E-state index contributed by atoms with van der Waals surface area (Å²) in [6.45, 7) is 2.14. The van der Waals surface area contributed by atoms with E-state index in [1.807, 2.05) is 0 Å². The lowest BCUT2D eigenvalue weighted by molar-refractivity contribution is 0.899. The molecule has 1 aromatic heterocycles. The smallest absolute Gasteiger partial charge is 0.197 e. The SMILES string of the molecule is CCCc1cn[c]nc1. The zero-order chi connectivity index (χ0) is 6.53. The van der Waals surface area contributed by atoms with Gasteiger partial charge in [-0.25, -0.2) is 9.97 Å². The van der Waals surface area contributed by atoms with Gasteiger partial charge in [0, 0.05) is 12.4 Å². The van der Waals surface area contributed by atoms with Crippen LogP contribution < -0.4 is 0 Å². The molecule has 0 N–H and O–H groups in total. The number of rotatable bonds is 2. The van der Waals surface area contributed by atoms with Crippen molar-refractivity contribution < 1.29 is 0 Å². The Kier molecular flexibility index (Phi) is 2.19. The highest BCUT2D eigenvalue weighted by molar-refractivity contribution is 5.01. The molecule has 0 fully saturated rings. The second-order valence-corrected chi connectivity index (χ2v) is 1.94. The predicted molar refractivity (Wildman–Crippen MR) is 34.9 cm³/mol. The van der Waals surface area contributed by atoms with Crippen LogP contribution in [0.1, 0.15) is 18.9 Å². The molecule has 1 heterocycles. The number of hydrogen-bond donors (Lipinski definition) is 0. The highest BCUT2D eigenvalue weighted by atomic mass is 14.8. The fourth-order valence-corrected chi connectivity index (χ4v) is 0.708. The molecule has 1 radical (unpaired) electrons. The molecule has 0 aliphatic rings. The van der Waals surface area contributed by atoms with Gasteiger partial charge in [-0.05, 0) is 12.0 Å². The van der Waals surface area contributed by atoms with Crippen LogP contribution in [0.4, 0.5) is 0 Å². The minimum Gasteiger partial charge on any atom is -0.234 e. The molecule has 1 rings (SSSR count). The van der Waals surface area contributed by atoms with Crippen LogP contribution in [0.25, 0.3) is 0 Å². The molecular weight excluding hydrogens is 112 g/mol. The molecule has 0 aliphatic heterocycles. The summed E-state index contributed by atoms with van der Waals surface area (Å²) in [6, 6.07) is 0. The van der Waals surface area contributed by atoms with Gasteiger partial charge in [0.05, 0.1) is 0 Å². The highest BCUT2D eigenvalue weighted by Gasteiger charge is 1.87. The standard InChI is InChI=1S/C7H9N2/c1-2-3-7-4-8-6-9-5-7/h4-5H,2-3H2,1H3. The fraction of sp³-hybridized carbons (Fsp3) is 0.429. The van der Waals surface area contributed by atoms with Gasteiger partial charge >= 0.3 is 0 Å². The Morgan fingerprint density at radius 3 is 2.67 bits per heavy atom. The van der Waals surface area contributed by atoms with Gasteiger partial charge in [0.25, 0.3) is 0 Å². The summed E-state index contributed by atoms with van der Waals surface area (Å²) >= 11 is 0. The first-order valence-electron chi connectivity index (χ1n) is 3.10. The minimum absolute atomic E-state index is 1.06. The molecule has 0 saturated carbocycles. The van der Waals surface area contributed by atoms with Gasteiger partial charge in [0.15, 0.2) is 6.33 Å². The van der Waals surface area contributed by atoms with Gasteiger partial charge in [0.1, 0.15) is 0 Å².